The monoisotopic (exact) mass is 388 g/mol. The third-order valence-electron chi connectivity index (χ3n) is 3.87. The zero-order chi connectivity index (χ0) is 19.8. The van der Waals surface area contributed by atoms with Gasteiger partial charge in [-0.3, -0.25) is 4.79 Å². The molecule has 2 rings (SSSR count). The number of rotatable bonds is 8. The van der Waals surface area contributed by atoms with Crippen molar-refractivity contribution in [3.8, 4) is 17.6 Å². The summed E-state index contributed by atoms with van der Waals surface area (Å²) in [5.74, 6) is 1.25. The molecule has 0 aliphatic rings. The van der Waals surface area contributed by atoms with Gasteiger partial charge in [0.15, 0.2) is 18.0 Å². The lowest BCUT2D eigenvalue weighted by atomic mass is 10.2. The van der Waals surface area contributed by atoms with Crippen molar-refractivity contribution >= 4 is 23.2 Å². The van der Waals surface area contributed by atoms with Crippen molar-refractivity contribution in [3.05, 3.63) is 52.5 Å². The number of carbonyl (C=O) groups is 1. The van der Waals surface area contributed by atoms with Crippen LogP contribution in [0.1, 0.15) is 18.1 Å². The fourth-order valence-corrected chi connectivity index (χ4v) is 2.89. The van der Waals surface area contributed by atoms with Crippen LogP contribution in [0.3, 0.4) is 0 Å². The molecule has 6 nitrogen and oxygen atoms in total. The number of anilines is 1. The number of carbonyl (C=O) groups excluding carboxylic acids is 1. The van der Waals surface area contributed by atoms with Gasteiger partial charge in [0.05, 0.1) is 31.4 Å². The highest BCUT2D eigenvalue weighted by atomic mass is 35.5. The first-order chi connectivity index (χ1) is 13.0. The second kappa shape index (κ2) is 9.81. The summed E-state index contributed by atoms with van der Waals surface area (Å²) in [7, 11) is 3.54. The molecule has 2 aromatic carbocycles. The summed E-state index contributed by atoms with van der Waals surface area (Å²) in [6.07, 6.45) is 0. The van der Waals surface area contributed by atoms with Crippen LogP contribution < -0.4 is 19.7 Å². The predicted molar refractivity (Wildman–Crippen MR) is 104 cm³/mol. The molecule has 27 heavy (non-hydrogen) atoms. The number of methoxy groups -OCH3 is 1. The standard InChI is InChI=1S/C20H22ClN3O3/c1-4-27-18-8-5-14(9-19(18)26-3)12-24(2)13-20(25)23-16-7-6-15(11-22)17(21)10-16/h5-10H,4,12-13H2,1-3H3,(H,23,25)/p+1. The summed E-state index contributed by atoms with van der Waals surface area (Å²) in [6.45, 7) is 3.43. The van der Waals surface area contributed by atoms with E-state index in [4.69, 9.17) is 26.3 Å². The zero-order valence-corrected chi connectivity index (χ0v) is 16.4. The molecule has 1 amide bonds. The normalized spacial score (nSPS) is 11.4. The van der Waals surface area contributed by atoms with Crippen LogP contribution in [0.5, 0.6) is 11.5 Å². The molecule has 0 aliphatic heterocycles. The molecule has 1 atom stereocenters. The highest BCUT2D eigenvalue weighted by Crippen LogP contribution is 2.27. The number of hydrogen-bond donors (Lipinski definition) is 2. The molecule has 1 unspecified atom stereocenters. The second-order valence-electron chi connectivity index (χ2n) is 6.08. The molecule has 0 aromatic heterocycles. The Hall–Kier alpha value is -2.75. The summed E-state index contributed by atoms with van der Waals surface area (Å²) in [5.41, 5.74) is 1.99. The lowest BCUT2D eigenvalue weighted by Crippen LogP contribution is -3.08. The van der Waals surface area contributed by atoms with Gasteiger partial charge >= 0.3 is 0 Å². The molecular weight excluding hydrogens is 366 g/mol. The molecule has 7 heteroatoms. The summed E-state index contributed by atoms with van der Waals surface area (Å²) in [4.78, 5) is 13.3. The fraction of sp³-hybridized carbons (Fsp3) is 0.300. The molecule has 0 saturated heterocycles. The van der Waals surface area contributed by atoms with E-state index in [1.54, 1.807) is 25.3 Å². The van der Waals surface area contributed by atoms with E-state index in [1.807, 2.05) is 38.2 Å². The van der Waals surface area contributed by atoms with Gasteiger partial charge in [-0.05, 0) is 43.3 Å². The molecule has 0 saturated carbocycles. The van der Waals surface area contributed by atoms with Crippen LogP contribution in [0.4, 0.5) is 5.69 Å². The fourth-order valence-electron chi connectivity index (χ4n) is 2.67. The van der Waals surface area contributed by atoms with Crippen molar-refractivity contribution in [2.75, 3.05) is 32.6 Å². The number of quaternary nitrogens is 1. The molecule has 0 fully saturated rings. The second-order valence-corrected chi connectivity index (χ2v) is 6.49. The summed E-state index contributed by atoms with van der Waals surface area (Å²) >= 11 is 5.99. The Morgan fingerprint density at radius 2 is 2.04 bits per heavy atom. The van der Waals surface area contributed by atoms with Crippen molar-refractivity contribution in [1.29, 1.82) is 5.26 Å². The molecule has 2 aromatic rings. The minimum atomic E-state index is -0.133. The molecule has 0 bridgehead atoms. The van der Waals surface area contributed by atoms with Crippen molar-refractivity contribution in [2.45, 2.75) is 13.5 Å². The third-order valence-corrected chi connectivity index (χ3v) is 4.18. The Labute approximate surface area is 164 Å². The number of nitrogens with zero attached hydrogens (tertiary/aromatic N) is 1. The maximum absolute atomic E-state index is 12.3. The molecule has 0 radical (unpaired) electrons. The maximum atomic E-state index is 12.3. The minimum absolute atomic E-state index is 0.133. The summed E-state index contributed by atoms with van der Waals surface area (Å²) in [5, 5.41) is 12.0. The zero-order valence-electron chi connectivity index (χ0n) is 15.6. The maximum Gasteiger partial charge on any atom is 0.279 e. The number of ether oxygens (including phenoxy) is 2. The van der Waals surface area contributed by atoms with Gasteiger partial charge < -0.3 is 19.7 Å². The largest absolute Gasteiger partial charge is 0.493 e. The number of nitrogens with one attached hydrogen (secondary N) is 2. The highest BCUT2D eigenvalue weighted by molar-refractivity contribution is 6.32. The number of halogens is 1. The van der Waals surface area contributed by atoms with Crippen LogP contribution in [0.2, 0.25) is 5.02 Å². The molecule has 0 heterocycles. The van der Waals surface area contributed by atoms with Gasteiger partial charge in [0, 0.05) is 11.3 Å². The Morgan fingerprint density at radius 1 is 1.26 bits per heavy atom. The van der Waals surface area contributed by atoms with Gasteiger partial charge in [-0.1, -0.05) is 11.6 Å². The highest BCUT2D eigenvalue weighted by Gasteiger charge is 2.13. The number of nitriles is 1. The number of hydrogen-bond acceptors (Lipinski definition) is 4. The number of amides is 1. The van der Waals surface area contributed by atoms with Crippen molar-refractivity contribution < 1.29 is 19.2 Å². The van der Waals surface area contributed by atoms with E-state index >= 15 is 0 Å². The predicted octanol–water partition coefficient (Wildman–Crippen LogP) is 2.27. The quantitative estimate of drug-likeness (QED) is 0.727. The lowest BCUT2D eigenvalue weighted by Gasteiger charge is -2.16. The van der Waals surface area contributed by atoms with E-state index in [2.05, 4.69) is 5.32 Å². The molecule has 142 valence electrons. The third kappa shape index (κ3) is 5.88. The van der Waals surface area contributed by atoms with Crippen LogP contribution in [-0.2, 0) is 11.3 Å². The smallest absolute Gasteiger partial charge is 0.279 e. The van der Waals surface area contributed by atoms with E-state index < -0.39 is 0 Å². The Kier molecular flexibility index (Phi) is 7.47. The van der Waals surface area contributed by atoms with Crippen molar-refractivity contribution in [3.63, 3.8) is 0 Å². The van der Waals surface area contributed by atoms with Gasteiger partial charge in [0.25, 0.3) is 5.91 Å². The summed E-state index contributed by atoms with van der Waals surface area (Å²) in [6, 6.07) is 12.6. The van der Waals surface area contributed by atoms with Crippen LogP contribution in [0, 0.1) is 11.3 Å². The first kappa shape index (κ1) is 20.6. The van der Waals surface area contributed by atoms with Crippen LogP contribution in [0.15, 0.2) is 36.4 Å². The van der Waals surface area contributed by atoms with Crippen molar-refractivity contribution in [2.24, 2.45) is 0 Å². The van der Waals surface area contributed by atoms with Crippen LogP contribution in [0.25, 0.3) is 0 Å². The van der Waals surface area contributed by atoms with Crippen LogP contribution >= 0.6 is 11.6 Å². The Balaban J connectivity index is 1.95. The van der Waals surface area contributed by atoms with Crippen LogP contribution in [-0.4, -0.2) is 33.2 Å². The van der Waals surface area contributed by atoms with Gasteiger partial charge in [-0.25, -0.2) is 0 Å². The first-order valence-electron chi connectivity index (χ1n) is 8.57. The van der Waals surface area contributed by atoms with E-state index in [-0.39, 0.29) is 12.5 Å². The van der Waals surface area contributed by atoms with E-state index in [0.717, 1.165) is 10.5 Å². The number of benzene rings is 2. The average molecular weight is 389 g/mol. The minimum Gasteiger partial charge on any atom is -0.493 e. The van der Waals surface area contributed by atoms with Gasteiger partial charge in [-0.15, -0.1) is 0 Å². The van der Waals surface area contributed by atoms with E-state index in [0.29, 0.717) is 40.9 Å². The summed E-state index contributed by atoms with van der Waals surface area (Å²) < 4.78 is 10.9. The average Bonchev–Trinajstić information content (AvgIpc) is 2.63. The molecular formula is C20H23ClN3O3+. The molecule has 0 aliphatic carbocycles. The number of likely N-dealkylation sites (N-methyl/N-ethyl adjacent to an activating group) is 1. The van der Waals surface area contributed by atoms with E-state index in [9.17, 15) is 4.79 Å². The van der Waals surface area contributed by atoms with Gasteiger partial charge in [0.1, 0.15) is 12.6 Å². The molecule has 2 N–H and O–H groups in total. The van der Waals surface area contributed by atoms with Gasteiger partial charge in [0.2, 0.25) is 0 Å². The Morgan fingerprint density at radius 3 is 2.67 bits per heavy atom. The first-order valence-corrected chi connectivity index (χ1v) is 8.95. The Bertz CT molecular complexity index is 849. The molecule has 0 spiro atoms. The topological polar surface area (TPSA) is 75.8 Å². The van der Waals surface area contributed by atoms with Crippen molar-refractivity contribution in [1.82, 2.24) is 0 Å². The SMILES string of the molecule is CCOc1ccc(C[NH+](C)CC(=O)Nc2ccc(C#N)c(Cl)c2)cc1OC. The van der Waals surface area contributed by atoms with E-state index in [1.165, 1.54) is 0 Å². The van der Waals surface area contributed by atoms with Gasteiger partial charge in [-0.2, -0.15) is 5.26 Å². The lowest BCUT2D eigenvalue weighted by molar-refractivity contribution is -0.885.